The van der Waals surface area contributed by atoms with Crippen LogP contribution in [0.15, 0.2) is 0 Å². The van der Waals surface area contributed by atoms with E-state index in [2.05, 4.69) is 0 Å². The number of hydrogen-bond donors (Lipinski definition) is 0. The average Bonchev–Trinajstić information content (AvgIpc) is 2.48. The highest BCUT2D eigenvalue weighted by Crippen LogP contribution is 2.19. The molecule has 0 saturated carbocycles. The Morgan fingerprint density at radius 3 is 1.64 bits per heavy atom. The summed E-state index contributed by atoms with van der Waals surface area (Å²) in [6.45, 7) is 9.96. The van der Waals surface area contributed by atoms with E-state index in [0.717, 1.165) is 0 Å². The molecule has 14 heavy (non-hydrogen) atoms. The van der Waals surface area contributed by atoms with Crippen LogP contribution in [-0.4, -0.2) is 22.8 Å². The number of rotatable bonds is 2. The topological polar surface area (TPSA) is 37.4 Å². The molecule has 0 bridgehead atoms. The Balaban J connectivity index is 0.000000791. The maximum Gasteiger partial charge on any atom is 0.229 e. The summed E-state index contributed by atoms with van der Waals surface area (Å²) < 4.78 is 0. The van der Waals surface area contributed by atoms with Gasteiger partial charge in [0, 0.05) is 18.9 Å². The molecular formula is C11H21NO2. The van der Waals surface area contributed by atoms with Crippen molar-refractivity contribution >= 4 is 11.8 Å². The normalized spacial score (nSPS) is 18.3. The number of imide groups is 1. The minimum atomic E-state index is -0.0128. The maximum absolute atomic E-state index is 11.2. The highest BCUT2D eigenvalue weighted by atomic mass is 16.2. The number of nitrogens with zero attached hydrogens (tertiary/aromatic N) is 1. The molecule has 0 aliphatic carbocycles. The van der Waals surface area contributed by atoms with Gasteiger partial charge < -0.3 is 0 Å². The van der Waals surface area contributed by atoms with Crippen LogP contribution in [0.3, 0.4) is 0 Å². The standard InChI is InChI=1S/C9H15NO2.C2H6/c1-6(2)7(3)10-8(11)4-5-9(10)12;1-2/h6-7H,4-5H2,1-3H3;1-2H3. The van der Waals surface area contributed by atoms with E-state index < -0.39 is 0 Å². The Hall–Kier alpha value is -0.860. The van der Waals surface area contributed by atoms with Crippen LogP contribution in [0.1, 0.15) is 47.5 Å². The van der Waals surface area contributed by atoms with Crippen LogP contribution in [0.5, 0.6) is 0 Å². The fourth-order valence-electron chi connectivity index (χ4n) is 1.35. The average molecular weight is 199 g/mol. The maximum atomic E-state index is 11.2. The molecule has 1 unspecified atom stereocenters. The van der Waals surface area contributed by atoms with Gasteiger partial charge in [0.25, 0.3) is 0 Å². The zero-order valence-corrected chi connectivity index (χ0v) is 9.83. The van der Waals surface area contributed by atoms with E-state index in [1.54, 1.807) is 0 Å². The van der Waals surface area contributed by atoms with Gasteiger partial charge in [-0.2, -0.15) is 0 Å². The zero-order valence-electron chi connectivity index (χ0n) is 9.83. The number of amides is 2. The Morgan fingerprint density at radius 2 is 1.36 bits per heavy atom. The van der Waals surface area contributed by atoms with Gasteiger partial charge in [-0.05, 0) is 12.8 Å². The van der Waals surface area contributed by atoms with Crippen LogP contribution < -0.4 is 0 Å². The summed E-state index contributed by atoms with van der Waals surface area (Å²) in [4.78, 5) is 23.9. The predicted octanol–water partition coefficient (Wildman–Crippen LogP) is 2.21. The van der Waals surface area contributed by atoms with E-state index >= 15 is 0 Å². The molecule has 1 saturated heterocycles. The van der Waals surface area contributed by atoms with Crippen molar-refractivity contribution < 1.29 is 9.59 Å². The van der Waals surface area contributed by atoms with E-state index in [9.17, 15) is 9.59 Å². The van der Waals surface area contributed by atoms with E-state index in [4.69, 9.17) is 0 Å². The molecule has 1 heterocycles. The third-order valence-corrected chi connectivity index (χ3v) is 2.46. The lowest BCUT2D eigenvalue weighted by Crippen LogP contribution is -2.40. The predicted molar refractivity (Wildman–Crippen MR) is 56.7 cm³/mol. The lowest BCUT2D eigenvalue weighted by Gasteiger charge is -2.25. The zero-order chi connectivity index (χ0) is 11.3. The molecule has 0 radical (unpaired) electrons. The van der Waals surface area contributed by atoms with Crippen LogP contribution in [0.25, 0.3) is 0 Å². The van der Waals surface area contributed by atoms with Crippen molar-refractivity contribution in [3.05, 3.63) is 0 Å². The number of carbonyl (C=O) groups excluding carboxylic acids is 2. The summed E-state index contributed by atoms with van der Waals surface area (Å²) in [7, 11) is 0. The first-order valence-corrected chi connectivity index (χ1v) is 5.39. The van der Waals surface area contributed by atoms with E-state index in [1.165, 1.54) is 4.90 Å². The van der Waals surface area contributed by atoms with Gasteiger partial charge >= 0.3 is 0 Å². The Labute approximate surface area is 86.5 Å². The smallest absolute Gasteiger partial charge is 0.229 e. The van der Waals surface area contributed by atoms with E-state index in [1.807, 2.05) is 34.6 Å². The number of hydrogen-bond acceptors (Lipinski definition) is 2. The Bertz CT molecular complexity index is 195. The molecule has 0 aromatic carbocycles. The molecule has 1 rings (SSSR count). The van der Waals surface area contributed by atoms with Gasteiger partial charge in [0.2, 0.25) is 11.8 Å². The molecular weight excluding hydrogens is 178 g/mol. The molecule has 1 atom stereocenters. The van der Waals surface area contributed by atoms with Crippen molar-refractivity contribution in [2.45, 2.75) is 53.5 Å². The minimum Gasteiger partial charge on any atom is -0.280 e. The monoisotopic (exact) mass is 199 g/mol. The first-order valence-electron chi connectivity index (χ1n) is 5.39. The molecule has 3 nitrogen and oxygen atoms in total. The van der Waals surface area contributed by atoms with Gasteiger partial charge in [0.1, 0.15) is 0 Å². The van der Waals surface area contributed by atoms with Gasteiger partial charge in [-0.1, -0.05) is 27.7 Å². The second-order valence-corrected chi connectivity index (χ2v) is 3.64. The largest absolute Gasteiger partial charge is 0.280 e. The van der Waals surface area contributed by atoms with Crippen LogP contribution in [0, 0.1) is 5.92 Å². The third-order valence-electron chi connectivity index (χ3n) is 2.46. The molecule has 1 aliphatic rings. The Morgan fingerprint density at radius 1 is 1.00 bits per heavy atom. The number of likely N-dealkylation sites (tertiary alicyclic amines) is 1. The molecule has 1 aliphatic heterocycles. The summed E-state index contributed by atoms with van der Waals surface area (Å²) in [6, 6.07) is 0.0486. The summed E-state index contributed by atoms with van der Waals surface area (Å²) in [5, 5.41) is 0. The number of carbonyl (C=O) groups is 2. The molecule has 0 aromatic heterocycles. The van der Waals surface area contributed by atoms with Crippen LogP contribution in [-0.2, 0) is 9.59 Å². The van der Waals surface area contributed by atoms with Gasteiger partial charge in [-0.15, -0.1) is 0 Å². The van der Waals surface area contributed by atoms with Crippen LogP contribution in [0.4, 0.5) is 0 Å². The van der Waals surface area contributed by atoms with E-state index in [-0.39, 0.29) is 17.9 Å². The van der Waals surface area contributed by atoms with Crippen molar-refractivity contribution in [1.29, 1.82) is 0 Å². The van der Waals surface area contributed by atoms with Crippen LogP contribution in [0.2, 0.25) is 0 Å². The molecule has 2 amide bonds. The minimum absolute atomic E-state index is 0.0128. The highest BCUT2D eigenvalue weighted by Gasteiger charge is 2.33. The summed E-state index contributed by atoms with van der Waals surface area (Å²) in [5.41, 5.74) is 0. The lowest BCUT2D eigenvalue weighted by molar-refractivity contribution is -0.141. The van der Waals surface area contributed by atoms with Gasteiger partial charge in [-0.25, -0.2) is 0 Å². The summed E-state index contributed by atoms with van der Waals surface area (Å²) >= 11 is 0. The highest BCUT2D eigenvalue weighted by molar-refractivity contribution is 6.02. The van der Waals surface area contributed by atoms with Crippen molar-refractivity contribution in [3.8, 4) is 0 Å². The second-order valence-electron chi connectivity index (χ2n) is 3.64. The molecule has 1 fully saturated rings. The van der Waals surface area contributed by atoms with Crippen molar-refractivity contribution in [2.75, 3.05) is 0 Å². The molecule has 0 aromatic rings. The Kier molecular flexibility index (Phi) is 5.43. The molecule has 82 valence electrons. The van der Waals surface area contributed by atoms with Gasteiger partial charge in [0.05, 0.1) is 0 Å². The van der Waals surface area contributed by atoms with Crippen molar-refractivity contribution in [2.24, 2.45) is 5.92 Å². The van der Waals surface area contributed by atoms with Crippen LogP contribution >= 0.6 is 0 Å². The summed E-state index contributed by atoms with van der Waals surface area (Å²) in [5.74, 6) is 0.318. The first-order chi connectivity index (χ1) is 6.54. The second kappa shape index (κ2) is 5.78. The fraction of sp³-hybridized carbons (Fsp3) is 0.818. The molecule has 0 N–H and O–H groups in total. The van der Waals surface area contributed by atoms with Gasteiger partial charge in [0.15, 0.2) is 0 Å². The van der Waals surface area contributed by atoms with Gasteiger partial charge in [-0.3, -0.25) is 14.5 Å². The SMILES string of the molecule is CC.CC(C)C(C)N1C(=O)CCC1=O. The first kappa shape index (κ1) is 13.1. The van der Waals surface area contributed by atoms with E-state index in [0.29, 0.717) is 18.8 Å². The van der Waals surface area contributed by atoms with Crippen molar-refractivity contribution in [1.82, 2.24) is 4.90 Å². The van der Waals surface area contributed by atoms with Crippen molar-refractivity contribution in [3.63, 3.8) is 0 Å². The lowest BCUT2D eigenvalue weighted by atomic mass is 10.1. The molecule has 0 spiro atoms. The quantitative estimate of drug-likeness (QED) is 0.639. The summed E-state index contributed by atoms with van der Waals surface area (Å²) in [6.07, 6.45) is 0.797. The third kappa shape index (κ3) is 2.82. The molecule has 3 heteroatoms. The fourth-order valence-corrected chi connectivity index (χ4v) is 1.35.